The lowest BCUT2D eigenvalue weighted by Crippen LogP contribution is -2.40. The SMILES string of the molecule is CSc1ccc([C@H]2C(C(=O)OC(C)C)=C(C)N=c3s/c(=C\c4ccc(N5CCCCC5)o4)c(=O)n32)cc1. The maximum absolute atomic E-state index is 13.8. The Bertz CT molecular complexity index is 1510. The Morgan fingerprint density at radius 1 is 1.16 bits per heavy atom. The molecule has 0 spiro atoms. The van der Waals surface area contributed by atoms with Gasteiger partial charge in [0.2, 0.25) is 0 Å². The number of hydrogen-bond acceptors (Lipinski definition) is 8. The third kappa shape index (κ3) is 5.20. The molecule has 0 aliphatic carbocycles. The number of ether oxygens (including phenoxy) is 1. The van der Waals surface area contributed by atoms with E-state index in [1.807, 2.05) is 56.5 Å². The summed E-state index contributed by atoms with van der Waals surface area (Å²) in [6, 6.07) is 11.2. The Kier molecular flexibility index (Phi) is 7.44. The molecule has 4 heterocycles. The quantitative estimate of drug-likeness (QED) is 0.341. The standard InChI is InChI=1S/C28H31N3O4S2/c1-17(2)34-27(33)24-18(3)29-28-31(25(24)19-8-11-21(36-4)12-9-19)26(32)22(37-28)16-20-10-13-23(35-20)30-14-6-5-7-15-30/h8-13,16-17,25H,5-7,14-15H2,1-4H3/b22-16-/t25-/m0/s1. The summed E-state index contributed by atoms with van der Waals surface area (Å²) in [4.78, 5) is 35.6. The van der Waals surface area contributed by atoms with Crippen LogP contribution in [-0.2, 0) is 9.53 Å². The van der Waals surface area contributed by atoms with Crippen molar-refractivity contribution in [2.75, 3.05) is 24.2 Å². The van der Waals surface area contributed by atoms with Crippen LogP contribution < -0.4 is 19.8 Å². The topological polar surface area (TPSA) is 77.0 Å². The molecular weight excluding hydrogens is 506 g/mol. The fraction of sp³-hybridized carbons (Fsp3) is 0.393. The zero-order chi connectivity index (χ0) is 26.1. The van der Waals surface area contributed by atoms with Crippen LogP contribution in [0.3, 0.4) is 0 Å². The summed E-state index contributed by atoms with van der Waals surface area (Å²) in [7, 11) is 0. The Morgan fingerprint density at radius 2 is 1.89 bits per heavy atom. The number of benzene rings is 1. The summed E-state index contributed by atoms with van der Waals surface area (Å²) >= 11 is 2.94. The summed E-state index contributed by atoms with van der Waals surface area (Å²) in [5, 5.41) is 0. The molecule has 2 aliphatic heterocycles. The highest BCUT2D eigenvalue weighted by molar-refractivity contribution is 7.98. The summed E-state index contributed by atoms with van der Waals surface area (Å²) < 4.78 is 13.8. The highest BCUT2D eigenvalue weighted by atomic mass is 32.2. The van der Waals surface area contributed by atoms with Crippen molar-refractivity contribution in [1.82, 2.24) is 4.57 Å². The first-order valence-electron chi connectivity index (χ1n) is 12.6. The van der Waals surface area contributed by atoms with E-state index in [0.717, 1.165) is 42.3 Å². The summed E-state index contributed by atoms with van der Waals surface area (Å²) in [5.41, 5.74) is 1.57. The fourth-order valence-electron chi connectivity index (χ4n) is 4.80. The van der Waals surface area contributed by atoms with E-state index in [-0.39, 0.29) is 11.7 Å². The molecule has 1 aromatic carbocycles. The average molecular weight is 538 g/mol. The Balaban J connectivity index is 1.60. The molecule has 0 radical (unpaired) electrons. The van der Waals surface area contributed by atoms with Gasteiger partial charge in [-0.2, -0.15) is 0 Å². The first kappa shape index (κ1) is 25.6. The average Bonchev–Trinajstić information content (AvgIpc) is 3.48. The van der Waals surface area contributed by atoms with Crippen molar-refractivity contribution < 1.29 is 13.9 Å². The van der Waals surface area contributed by atoms with Gasteiger partial charge in [0.1, 0.15) is 5.76 Å². The number of aromatic nitrogens is 1. The van der Waals surface area contributed by atoms with Crippen molar-refractivity contribution in [3.8, 4) is 0 Å². The molecule has 1 saturated heterocycles. The number of furan rings is 1. The summed E-state index contributed by atoms with van der Waals surface area (Å²) in [6.45, 7) is 7.40. The van der Waals surface area contributed by atoms with Gasteiger partial charge in [-0.3, -0.25) is 9.36 Å². The molecule has 2 aromatic heterocycles. The first-order chi connectivity index (χ1) is 17.9. The number of carbonyl (C=O) groups is 1. The third-order valence-electron chi connectivity index (χ3n) is 6.57. The van der Waals surface area contributed by atoms with Crippen LogP contribution in [0.4, 0.5) is 5.88 Å². The van der Waals surface area contributed by atoms with Crippen molar-refractivity contribution in [3.63, 3.8) is 0 Å². The van der Waals surface area contributed by atoms with Crippen LogP contribution in [-0.4, -0.2) is 36.0 Å². The van der Waals surface area contributed by atoms with Crippen LogP contribution in [0.1, 0.15) is 57.4 Å². The molecule has 2 aliphatic rings. The molecule has 37 heavy (non-hydrogen) atoms. The van der Waals surface area contributed by atoms with Gasteiger partial charge < -0.3 is 14.1 Å². The van der Waals surface area contributed by atoms with E-state index in [4.69, 9.17) is 9.15 Å². The van der Waals surface area contributed by atoms with Crippen LogP contribution in [0.25, 0.3) is 6.08 Å². The van der Waals surface area contributed by atoms with Crippen molar-refractivity contribution in [2.45, 2.75) is 57.1 Å². The minimum Gasteiger partial charge on any atom is -0.459 e. The number of fused-ring (bicyclic) bond motifs is 1. The number of allylic oxidation sites excluding steroid dienone is 1. The van der Waals surface area contributed by atoms with E-state index in [1.54, 1.807) is 29.3 Å². The minimum absolute atomic E-state index is 0.207. The second kappa shape index (κ2) is 10.8. The molecule has 0 unspecified atom stereocenters. The van der Waals surface area contributed by atoms with Gasteiger partial charge >= 0.3 is 5.97 Å². The van der Waals surface area contributed by atoms with Gasteiger partial charge in [0, 0.05) is 30.1 Å². The van der Waals surface area contributed by atoms with E-state index in [1.165, 1.54) is 17.8 Å². The minimum atomic E-state index is -0.624. The smallest absolute Gasteiger partial charge is 0.338 e. The number of anilines is 1. The van der Waals surface area contributed by atoms with Crippen LogP contribution in [0.2, 0.25) is 0 Å². The van der Waals surface area contributed by atoms with E-state index in [9.17, 15) is 9.59 Å². The van der Waals surface area contributed by atoms with Gasteiger partial charge in [0.25, 0.3) is 5.56 Å². The van der Waals surface area contributed by atoms with Gasteiger partial charge in [0.15, 0.2) is 10.7 Å². The highest BCUT2D eigenvalue weighted by Crippen LogP contribution is 2.32. The number of hydrogen-bond donors (Lipinski definition) is 0. The second-order valence-electron chi connectivity index (χ2n) is 9.53. The van der Waals surface area contributed by atoms with Crippen molar-refractivity contribution in [1.29, 1.82) is 0 Å². The first-order valence-corrected chi connectivity index (χ1v) is 14.6. The fourth-order valence-corrected chi connectivity index (χ4v) is 6.23. The van der Waals surface area contributed by atoms with Gasteiger partial charge in [-0.25, -0.2) is 9.79 Å². The molecule has 5 rings (SSSR count). The van der Waals surface area contributed by atoms with E-state index >= 15 is 0 Å². The molecule has 0 N–H and O–H groups in total. The second-order valence-corrected chi connectivity index (χ2v) is 11.4. The molecule has 9 heteroatoms. The molecule has 194 valence electrons. The highest BCUT2D eigenvalue weighted by Gasteiger charge is 2.33. The molecule has 0 amide bonds. The summed E-state index contributed by atoms with van der Waals surface area (Å²) in [6.07, 6.45) is 7.07. The Morgan fingerprint density at radius 3 is 2.57 bits per heavy atom. The lowest BCUT2D eigenvalue weighted by atomic mass is 9.96. The lowest BCUT2D eigenvalue weighted by Gasteiger charge is -2.25. The number of carbonyl (C=O) groups excluding carboxylic acids is 1. The van der Waals surface area contributed by atoms with E-state index in [0.29, 0.717) is 26.4 Å². The number of rotatable bonds is 6. The molecule has 7 nitrogen and oxygen atoms in total. The molecular formula is C28H31N3O4S2. The maximum Gasteiger partial charge on any atom is 0.338 e. The lowest BCUT2D eigenvalue weighted by molar-refractivity contribution is -0.143. The van der Waals surface area contributed by atoms with Gasteiger partial charge in [-0.15, -0.1) is 11.8 Å². The monoisotopic (exact) mass is 537 g/mol. The van der Waals surface area contributed by atoms with Crippen molar-refractivity contribution >= 4 is 41.0 Å². The Labute approximate surface area is 224 Å². The predicted octanol–water partition coefficient (Wildman–Crippen LogP) is 4.49. The number of esters is 1. The summed E-state index contributed by atoms with van der Waals surface area (Å²) in [5.74, 6) is 1.00. The largest absolute Gasteiger partial charge is 0.459 e. The zero-order valence-corrected chi connectivity index (χ0v) is 23.2. The number of piperidine rings is 1. The van der Waals surface area contributed by atoms with Gasteiger partial charge in [-0.1, -0.05) is 23.5 Å². The number of thioether (sulfide) groups is 1. The molecule has 1 fully saturated rings. The predicted molar refractivity (Wildman–Crippen MR) is 148 cm³/mol. The van der Waals surface area contributed by atoms with Crippen LogP contribution in [0.5, 0.6) is 0 Å². The van der Waals surface area contributed by atoms with E-state index in [2.05, 4.69) is 9.89 Å². The van der Waals surface area contributed by atoms with Crippen LogP contribution in [0, 0.1) is 0 Å². The zero-order valence-electron chi connectivity index (χ0n) is 21.5. The number of nitrogens with zero attached hydrogens (tertiary/aromatic N) is 3. The third-order valence-corrected chi connectivity index (χ3v) is 8.30. The normalized spacial score (nSPS) is 18.2. The molecule has 0 saturated carbocycles. The molecule has 0 bridgehead atoms. The molecule has 1 atom stereocenters. The van der Waals surface area contributed by atoms with Crippen LogP contribution in [0.15, 0.2) is 66.8 Å². The van der Waals surface area contributed by atoms with Crippen LogP contribution >= 0.6 is 23.1 Å². The Hall–Kier alpha value is -3.04. The molecule has 3 aromatic rings. The van der Waals surface area contributed by atoms with Gasteiger partial charge in [0.05, 0.1) is 27.9 Å². The number of thiazole rings is 1. The maximum atomic E-state index is 13.8. The van der Waals surface area contributed by atoms with Gasteiger partial charge in [-0.05, 0) is 70.1 Å². The van der Waals surface area contributed by atoms with Crippen molar-refractivity contribution in [3.05, 3.63) is 78.7 Å². The van der Waals surface area contributed by atoms with Crippen molar-refractivity contribution in [2.24, 2.45) is 4.99 Å². The van der Waals surface area contributed by atoms with E-state index < -0.39 is 12.0 Å².